The van der Waals surface area contributed by atoms with Crippen LogP contribution in [0.4, 0.5) is 0 Å². The van der Waals surface area contributed by atoms with Crippen molar-refractivity contribution in [3.8, 4) is 0 Å². The van der Waals surface area contributed by atoms with Crippen molar-refractivity contribution in [2.75, 3.05) is 13.6 Å². The highest BCUT2D eigenvalue weighted by molar-refractivity contribution is 4.80. The molecular weight excluding hydrogens is 186 g/mol. The topological polar surface area (TPSA) is 23.5 Å². The van der Waals surface area contributed by atoms with E-state index in [1.807, 2.05) is 0 Å². The first-order valence-corrected chi connectivity index (χ1v) is 6.49. The van der Waals surface area contributed by atoms with E-state index in [-0.39, 0.29) is 6.10 Å². The van der Waals surface area contributed by atoms with Crippen molar-refractivity contribution in [2.24, 2.45) is 5.92 Å². The summed E-state index contributed by atoms with van der Waals surface area (Å²) in [5.74, 6) is 0.760. The van der Waals surface area contributed by atoms with E-state index in [2.05, 4.69) is 25.8 Å². The van der Waals surface area contributed by atoms with Gasteiger partial charge in [-0.3, -0.25) is 0 Å². The molecule has 0 spiro atoms. The number of hydrogen-bond donors (Lipinski definition) is 1. The zero-order valence-electron chi connectivity index (χ0n) is 10.6. The average molecular weight is 213 g/mol. The number of aliphatic hydroxyl groups excluding tert-OH is 1. The zero-order chi connectivity index (χ0) is 11.3. The lowest BCUT2D eigenvalue weighted by molar-refractivity contribution is 0.0559. The predicted molar refractivity (Wildman–Crippen MR) is 65.0 cm³/mol. The summed E-state index contributed by atoms with van der Waals surface area (Å²) in [6.07, 6.45) is 7.10. The van der Waals surface area contributed by atoms with Crippen LogP contribution in [-0.2, 0) is 0 Å². The minimum absolute atomic E-state index is 0.0929. The third-order valence-electron chi connectivity index (χ3n) is 3.57. The summed E-state index contributed by atoms with van der Waals surface area (Å²) >= 11 is 0. The van der Waals surface area contributed by atoms with Crippen LogP contribution >= 0.6 is 0 Å². The normalized spacial score (nSPS) is 28.4. The largest absolute Gasteiger partial charge is 0.391 e. The van der Waals surface area contributed by atoms with E-state index >= 15 is 0 Å². The number of likely N-dealkylation sites (N-methyl/N-ethyl adjacent to an activating group) is 1. The summed E-state index contributed by atoms with van der Waals surface area (Å²) in [6, 6.07) is 0.409. The molecule has 0 heterocycles. The highest BCUT2D eigenvalue weighted by atomic mass is 16.3. The van der Waals surface area contributed by atoms with E-state index in [1.54, 1.807) is 0 Å². The Hall–Kier alpha value is -0.0800. The van der Waals surface area contributed by atoms with Crippen molar-refractivity contribution in [3.05, 3.63) is 0 Å². The third-order valence-corrected chi connectivity index (χ3v) is 3.57. The van der Waals surface area contributed by atoms with E-state index in [0.717, 1.165) is 18.9 Å². The molecule has 1 aliphatic rings. The van der Waals surface area contributed by atoms with Crippen LogP contribution in [-0.4, -0.2) is 35.7 Å². The average Bonchev–Trinajstić information content (AvgIpc) is 2.39. The summed E-state index contributed by atoms with van der Waals surface area (Å²) < 4.78 is 0. The monoisotopic (exact) mass is 213 g/mol. The molecular formula is C13H27NO. The van der Waals surface area contributed by atoms with Gasteiger partial charge in [-0.2, -0.15) is 0 Å². The molecule has 0 aliphatic heterocycles. The Morgan fingerprint density at radius 1 is 1.20 bits per heavy atom. The molecule has 1 saturated carbocycles. The van der Waals surface area contributed by atoms with Gasteiger partial charge in [0, 0.05) is 6.04 Å². The van der Waals surface area contributed by atoms with Crippen molar-refractivity contribution < 1.29 is 5.11 Å². The van der Waals surface area contributed by atoms with Crippen molar-refractivity contribution in [3.63, 3.8) is 0 Å². The maximum Gasteiger partial charge on any atom is 0.0695 e. The number of hydrogen-bond acceptors (Lipinski definition) is 2. The van der Waals surface area contributed by atoms with Crippen molar-refractivity contribution >= 4 is 0 Å². The minimum Gasteiger partial charge on any atom is -0.391 e. The molecule has 0 aromatic rings. The maximum absolute atomic E-state index is 10.0. The van der Waals surface area contributed by atoms with Crippen LogP contribution < -0.4 is 0 Å². The molecule has 15 heavy (non-hydrogen) atoms. The summed E-state index contributed by atoms with van der Waals surface area (Å²) in [5, 5.41) is 10.0. The highest BCUT2D eigenvalue weighted by Gasteiger charge is 2.24. The SMILES string of the molecule is CC(C)CCN(C)C1CCCCCC1O. The van der Waals surface area contributed by atoms with Gasteiger partial charge in [0.05, 0.1) is 6.10 Å². The fourth-order valence-electron chi connectivity index (χ4n) is 2.41. The molecule has 1 rings (SSSR count). The van der Waals surface area contributed by atoms with E-state index in [1.165, 1.54) is 32.1 Å². The molecule has 2 unspecified atom stereocenters. The smallest absolute Gasteiger partial charge is 0.0695 e. The van der Waals surface area contributed by atoms with Crippen LogP contribution in [0.3, 0.4) is 0 Å². The van der Waals surface area contributed by atoms with Crippen LogP contribution in [0.2, 0.25) is 0 Å². The Labute approximate surface area is 94.7 Å². The number of rotatable bonds is 4. The van der Waals surface area contributed by atoms with Gasteiger partial charge in [0.1, 0.15) is 0 Å². The first-order valence-electron chi connectivity index (χ1n) is 6.49. The summed E-state index contributed by atoms with van der Waals surface area (Å²) in [4.78, 5) is 2.37. The molecule has 2 nitrogen and oxygen atoms in total. The molecule has 1 fully saturated rings. The van der Waals surface area contributed by atoms with Gasteiger partial charge < -0.3 is 10.0 Å². The fourth-order valence-corrected chi connectivity index (χ4v) is 2.41. The van der Waals surface area contributed by atoms with Gasteiger partial charge in [-0.25, -0.2) is 0 Å². The van der Waals surface area contributed by atoms with Gasteiger partial charge in [0.2, 0.25) is 0 Å². The van der Waals surface area contributed by atoms with Gasteiger partial charge >= 0.3 is 0 Å². The van der Waals surface area contributed by atoms with E-state index in [9.17, 15) is 5.11 Å². The van der Waals surface area contributed by atoms with Crippen LogP contribution in [0.25, 0.3) is 0 Å². The Bertz CT molecular complexity index is 170. The molecule has 0 bridgehead atoms. The maximum atomic E-state index is 10.0. The zero-order valence-corrected chi connectivity index (χ0v) is 10.6. The van der Waals surface area contributed by atoms with E-state index < -0.39 is 0 Å². The van der Waals surface area contributed by atoms with Crippen LogP contribution in [0.1, 0.15) is 52.4 Å². The molecule has 0 aromatic carbocycles. The van der Waals surface area contributed by atoms with Crippen molar-refractivity contribution in [1.29, 1.82) is 0 Å². The Balaban J connectivity index is 2.37. The van der Waals surface area contributed by atoms with Gasteiger partial charge in [-0.15, -0.1) is 0 Å². The molecule has 0 amide bonds. The predicted octanol–water partition coefficient (Wildman–Crippen LogP) is 2.66. The first kappa shape index (κ1) is 13.0. The molecule has 2 heteroatoms. The van der Waals surface area contributed by atoms with E-state index in [0.29, 0.717) is 6.04 Å². The van der Waals surface area contributed by atoms with Crippen molar-refractivity contribution in [2.45, 2.75) is 64.5 Å². The quantitative estimate of drug-likeness (QED) is 0.726. The fraction of sp³-hybridized carbons (Fsp3) is 1.00. The Morgan fingerprint density at radius 3 is 2.53 bits per heavy atom. The molecule has 0 radical (unpaired) electrons. The van der Waals surface area contributed by atoms with E-state index in [4.69, 9.17) is 0 Å². The second kappa shape index (κ2) is 6.49. The third kappa shape index (κ3) is 4.52. The molecule has 0 aromatic heterocycles. The van der Waals surface area contributed by atoms with Gasteiger partial charge in [-0.1, -0.05) is 33.1 Å². The van der Waals surface area contributed by atoms with Gasteiger partial charge in [-0.05, 0) is 38.8 Å². The van der Waals surface area contributed by atoms with Crippen LogP contribution in [0.15, 0.2) is 0 Å². The second-order valence-electron chi connectivity index (χ2n) is 5.44. The molecule has 2 atom stereocenters. The molecule has 0 saturated heterocycles. The van der Waals surface area contributed by atoms with Gasteiger partial charge in [0.15, 0.2) is 0 Å². The number of nitrogens with zero attached hydrogens (tertiary/aromatic N) is 1. The second-order valence-corrected chi connectivity index (χ2v) is 5.44. The molecule has 1 aliphatic carbocycles. The Morgan fingerprint density at radius 2 is 1.87 bits per heavy atom. The minimum atomic E-state index is -0.0929. The van der Waals surface area contributed by atoms with Crippen LogP contribution in [0, 0.1) is 5.92 Å². The number of aliphatic hydroxyl groups is 1. The summed E-state index contributed by atoms with van der Waals surface area (Å²) in [7, 11) is 2.17. The lowest BCUT2D eigenvalue weighted by Gasteiger charge is -2.31. The molecule has 1 N–H and O–H groups in total. The van der Waals surface area contributed by atoms with Crippen molar-refractivity contribution in [1.82, 2.24) is 4.90 Å². The molecule has 90 valence electrons. The first-order chi connectivity index (χ1) is 7.11. The Kier molecular flexibility index (Phi) is 5.62. The lowest BCUT2D eigenvalue weighted by atomic mass is 10.0. The standard InChI is InChI=1S/C13H27NO/c1-11(2)9-10-14(3)12-7-5-4-6-8-13(12)15/h11-13,15H,4-10H2,1-3H3. The summed E-state index contributed by atoms with van der Waals surface area (Å²) in [6.45, 7) is 5.65. The highest BCUT2D eigenvalue weighted by Crippen LogP contribution is 2.22. The van der Waals surface area contributed by atoms with Crippen LogP contribution in [0.5, 0.6) is 0 Å². The lowest BCUT2D eigenvalue weighted by Crippen LogP contribution is -2.41. The summed E-state index contributed by atoms with van der Waals surface area (Å²) in [5.41, 5.74) is 0. The van der Waals surface area contributed by atoms with Gasteiger partial charge in [0.25, 0.3) is 0 Å².